The van der Waals surface area contributed by atoms with Crippen LogP contribution in [0, 0.1) is 11.3 Å². The Balaban J connectivity index is 2.23. The number of likely N-dealkylation sites (tertiary alicyclic amines) is 1. The Bertz CT molecular complexity index is 214. The van der Waals surface area contributed by atoms with Gasteiger partial charge < -0.3 is 15.0 Å². The number of ether oxygens (including phenoxy) is 1. The van der Waals surface area contributed by atoms with E-state index in [4.69, 9.17) is 10.00 Å². The molecule has 0 aliphatic carbocycles. The van der Waals surface area contributed by atoms with Gasteiger partial charge in [-0.3, -0.25) is 0 Å². The molecule has 0 radical (unpaired) electrons. The van der Waals surface area contributed by atoms with Gasteiger partial charge >= 0.3 is 0 Å². The van der Waals surface area contributed by atoms with E-state index in [1.807, 2.05) is 7.05 Å². The fraction of sp³-hybridized carbons (Fsp3) is 0.909. The van der Waals surface area contributed by atoms with Crippen molar-refractivity contribution in [1.82, 2.24) is 10.2 Å². The molecule has 1 rings (SSSR count). The Morgan fingerprint density at radius 2 is 2.47 bits per heavy atom. The van der Waals surface area contributed by atoms with Crippen molar-refractivity contribution in [2.75, 3.05) is 33.8 Å². The number of nitriles is 1. The molecule has 0 spiro atoms. The summed E-state index contributed by atoms with van der Waals surface area (Å²) in [4.78, 5) is 2.39. The van der Waals surface area contributed by atoms with Crippen LogP contribution < -0.4 is 5.32 Å². The van der Waals surface area contributed by atoms with Gasteiger partial charge in [-0.1, -0.05) is 0 Å². The Hall–Kier alpha value is -0.630. The maximum atomic E-state index is 8.80. The minimum Gasteiger partial charge on any atom is -0.380 e. The second-order valence-corrected chi connectivity index (χ2v) is 4.06. The summed E-state index contributed by atoms with van der Waals surface area (Å²) in [6.07, 6.45) is 3.65. The molecule has 86 valence electrons. The maximum absolute atomic E-state index is 8.80. The molecule has 0 aromatic rings. The van der Waals surface area contributed by atoms with Crippen LogP contribution in [0.3, 0.4) is 0 Å². The molecule has 0 aromatic carbocycles. The van der Waals surface area contributed by atoms with E-state index >= 15 is 0 Å². The van der Waals surface area contributed by atoms with E-state index in [1.54, 1.807) is 7.11 Å². The fourth-order valence-corrected chi connectivity index (χ4v) is 1.99. The van der Waals surface area contributed by atoms with Crippen LogP contribution in [0.2, 0.25) is 0 Å². The van der Waals surface area contributed by atoms with Gasteiger partial charge in [-0.05, 0) is 32.9 Å². The summed E-state index contributed by atoms with van der Waals surface area (Å²) in [6.45, 7) is 3.14. The maximum Gasteiger partial charge on any atom is 0.0962 e. The molecule has 2 atom stereocenters. The lowest BCUT2D eigenvalue weighted by Crippen LogP contribution is -2.41. The SMILES string of the molecule is CNC(C#N)CCN1CCCC(OC)C1. The first-order valence-electron chi connectivity index (χ1n) is 5.62. The molecule has 0 saturated carbocycles. The van der Waals surface area contributed by atoms with E-state index in [1.165, 1.54) is 12.8 Å². The minimum absolute atomic E-state index is 0.0204. The van der Waals surface area contributed by atoms with Gasteiger partial charge in [-0.25, -0.2) is 0 Å². The number of nitrogens with one attached hydrogen (secondary N) is 1. The monoisotopic (exact) mass is 211 g/mol. The molecule has 0 aromatic heterocycles. The lowest BCUT2D eigenvalue weighted by atomic mass is 10.1. The zero-order chi connectivity index (χ0) is 11.1. The summed E-state index contributed by atoms with van der Waals surface area (Å²) in [5.74, 6) is 0. The molecule has 4 heteroatoms. The van der Waals surface area contributed by atoms with Gasteiger partial charge in [0.15, 0.2) is 0 Å². The molecule has 1 saturated heterocycles. The molecule has 1 aliphatic rings. The van der Waals surface area contributed by atoms with Crippen molar-refractivity contribution in [3.8, 4) is 6.07 Å². The van der Waals surface area contributed by atoms with E-state index < -0.39 is 0 Å². The molecule has 1 aliphatic heterocycles. The van der Waals surface area contributed by atoms with Gasteiger partial charge in [0.2, 0.25) is 0 Å². The van der Waals surface area contributed by atoms with Crippen molar-refractivity contribution in [3.05, 3.63) is 0 Å². The van der Waals surface area contributed by atoms with Gasteiger partial charge in [0.25, 0.3) is 0 Å². The molecular weight excluding hydrogens is 190 g/mol. The summed E-state index contributed by atoms with van der Waals surface area (Å²) in [7, 11) is 3.61. The van der Waals surface area contributed by atoms with Crippen LogP contribution in [-0.2, 0) is 4.74 Å². The highest BCUT2D eigenvalue weighted by atomic mass is 16.5. The Kier molecular flexibility index (Phi) is 5.62. The van der Waals surface area contributed by atoms with Crippen LogP contribution in [0.5, 0.6) is 0 Å². The van der Waals surface area contributed by atoms with Crippen LogP contribution in [0.4, 0.5) is 0 Å². The molecule has 0 amide bonds. The van der Waals surface area contributed by atoms with Crippen molar-refractivity contribution in [3.63, 3.8) is 0 Å². The van der Waals surface area contributed by atoms with Crippen molar-refractivity contribution in [2.45, 2.75) is 31.4 Å². The van der Waals surface area contributed by atoms with Crippen molar-refractivity contribution in [1.29, 1.82) is 5.26 Å². The molecule has 2 unspecified atom stereocenters. The van der Waals surface area contributed by atoms with Crippen LogP contribution >= 0.6 is 0 Å². The van der Waals surface area contributed by atoms with E-state index in [9.17, 15) is 0 Å². The average molecular weight is 211 g/mol. The zero-order valence-corrected chi connectivity index (χ0v) is 9.70. The number of rotatable bonds is 5. The van der Waals surface area contributed by atoms with Gasteiger partial charge in [0.1, 0.15) is 0 Å². The zero-order valence-electron chi connectivity index (χ0n) is 9.70. The predicted molar refractivity (Wildman–Crippen MR) is 59.5 cm³/mol. The molecule has 0 bridgehead atoms. The number of piperidine rings is 1. The topological polar surface area (TPSA) is 48.3 Å². The second-order valence-electron chi connectivity index (χ2n) is 4.06. The van der Waals surface area contributed by atoms with Crippen LogP contribution in [0.1, 0.15) is 19.3 Å². The fourth-order valence-electron chi connectivity index (χ4n) is 1.99. The molecule has 1 N–H and O–H groups in total. The highest BCUT2D eigenvalue weighted by Gasteiger charge is 2.19. The van der Waals surface area contributed by atoms with E-state index in [0.717, 1.165) is 26.1 Å². The minimum atomic E-state index is -0.0204. The van der Waals surface area contributed by atoms with Crippen LogP contribution in [0.15, 0.2) is 0 Å². The quantitative estimate of drug-likeness (QED) is 0.723. The Morgan fingerprint density at radius 1 is 1.67 bits per heavy atom. The third kappa shape index (κ3) is 4.17. The lowest BCUT2D eigenvalue weighted by Gasteiger charge is -2.32. The number of methoxy groups -OCH3 is 1. The number of hydrogen-bond acceptors (Lipinski definition) is 4. The first-order chi connectivity index (χ1) is 7.30. The third-order valence-electron chi connectivity index (χ3n) is 3.03. The van der Waals surface area contributed by atoms with Crippen molar-refractivity contribution < 1.29 is 4.74 Å². The van der Waals surface area contributed by atoms with Gasteiger partial charge in [0.05, 0.1) is 18.2 Å². The van der Waals surface area contributed by atoms with E-state index in [2.05, 4.69) is 16.3 Å². The summed E-state index contributed by atoms with van der Waals surface area (Å²) in [5.41, 5.74) is 0. The molecule has 4 nitrogen and oxygen atoms in total. The molecule has 15 heavy (non-hydrogen) atoms. The largest absolute Gasteiger partial charge is 0.380 e. The number of hydrogen-bond donors (Lipinski definition) is 1. The van der Waals surface area contributed by atoms with Crippen LogP contribution in [-0.4, -0.2) is 50.8 Å². The van der Waals surface area contributed by atoms with Crippen LogP contribution in [0.25, 0.3) is 0 Å². The average Bonchev–Trinajstić information content (AvgIpc) is 2.31. The lowest BCUT2D eigenvalue weighted by molar-refractivity contribution is 0.0307. The summed E-state index contributed by atoms with van der Waals surface area (Å²) in [5, 5.41) is 11.8. The van der Waals surface area contributed by atoms with Crippen molar-refractivity contribution >= 4 is 0 Å². The van der Waals surface area contributed by atoms with Gasteiger partial charge in [-0.15, -0.1) is 0 Å². The normalized spacial score (nSPS) is 24.7. The molecule has 1 heterocycles. The van der Waals surface area contributed by atoms with Crippen molar-refractivity contribution in [2.24, 2.45) is 0 Å². The standard InChI is InChI=1S/C11H21N3O/c1-13-10(8-12)5-7-14-6-3-4-11(9-14)15-2/h10-11,13H,3-7,9H2,1-2H3. The number of nitrogens with zero attached hydrogens (tertiary/aromatic N) is 2. The Labute approximate surface area is 92.2 Å². The summed E-state index contributed by atoms with van der Waals surface area (Å²) < 4.78 is 5.36. The summed E-state index contributed by atoms with van der Waals surface area (Å²) >= 11 is 0. The molecular formula is C11H21N3O. The molecule has 1 fully saturated rings. The Morgan fingerprint density at radius 3 is 3.07 bits per heavy atom. The van der Waals surface area contributed by atoms with E-state index in [0.29, 0.717) is 6.10 Å². The van der Waals surface area contributed by atoms with E-state index in [-0.39, 0.29) is 6.04 Å². The highest BCUT2D eigenvalue weighted by Crippen LogP contribution is 2.12. The summed E-state index contributed by atoms with van der Waals surface area (Å²) in [6, 6.07) is 2.23. The second kappa shape index (κ2) is 6.78. The predicted octanol–water partition coefficient (Wildman–Crippen LogP) is 0.599. The van der Waals surface area contributed by atoms with Gasteiger partial charge in [0, 0.05) is 20.2 Å². The van der Waals surface area contributed by atoms with Gasteiger partial charge in [-0.2, -0.15) is 5.26 Å². The highest BCUT2D eigenvalue weighted by molar-refractivity contribution is 4.89. The first-order valence-corrected chi connectivity index (χ1v) is 5.62. The first kappa shape index (κ1) is 12.4. The third-order valence-corrected chi connectivity index (χ3v) is 3.03. The smallest absolute Gasteiger partial charge is 0.0962 e.